The molecule has 0 rings (SSSR count). The van der Waals surface area contributed by atoms with E-state index in [1.807, 2.05) is 13.8 Å². The Bertz CT molecular complexity index is 411. The molecule has 0 fully saturated rings. The average molecular weight is 309 g/mol. The zero-order chi connectivity index (χ0) is 16.0. The topological polar surface area (TPSA) is 102 Å². The largest absolute Gasteiger partial charge is 0.469 e. The van der Waals surface area contributed by atoms with Crippen LogP contribution in [-0.2, 0) is 19.7 Å². The van der Waals surface area contributed by atoms with E-state index in [1.165, 1.54) is 14.2 Å². The maximum Gasteiger partial charge on any atom is 0.306 e. The molecule has 3 N–H and O–H groups in total. The number of rotatable bonds is 9. The molecular weight excluding hydrogens is 282 g/mol. The van der Waals surface area contributed by atoms with Crippen molar-refractivity contribution >= 4 is 16.2 Å². The summed E-state index contributed by atoms with van der Waals surface area (Å²) in [6.07, 6.45) is 0.644. The van der Waals surface area contributed by atoms with Crippen molar-refractivity contribution in [1.29, 1.82) is 0 Å². The number of methoxy groups -OCH3 is 1. The van der Waals surface area contributed by atoms with E-state index in [0.29, 0.717) is 12.3 Å². The summed E-state index contributed by atoms with van der Waals surface area (Å²) in [6, 6.07) is 0. The molecule has 0 spiro atoms. The molecule has 0 saturated carbocycles. The van der Waals surface area contributed by atoms with Gasteiger partial charge in [-0.2, -0.15) is 17.4 Å². The first-order valence-electron chi connectivity index (χ1n) is 6.58. The Hall–Kier alpha value is -0.700. The molecule has 0 aliphatic carbocycles. The van der Waals surface area contributed by atoms with Crippen LogP contribution in [-0.4, -0.2) is 51.5 Å². The van der Waals surface area contributed by atoms with Crippen LogP contribution in [0.4, 0.5) is 0 Å². The van der Waals surface area contributed by atoms with Crippen LogP contribution in [0.3, 0.4) is 0 Å². The number of ether oxygens (including phenoxy) is 1. The molecule has 0 heterocycles. The Labute approximate surface area is 122 Å². The molecule has 0 radical (unpaired) electrons. The van der Waals surface area contributed by atoms with E-state index >= 15 is 0 Å². The molecule has 0 aromatic rings. The van der Waals surface area contributed by atoms with Gasteiger partial charge in [-0.15, -0.1) is 0 Å². The monoisotopic (exact) mass is 309 g/mol. The predicted molar refractivity (Wildman–Crippen MR) is 78.2 cm³/mol. The number of nitrogens with two attached hydrogens (primary N) is 1. The molecule has 1 atom stereocenters. The summed E-state index contributed by atoms with van der Waals surface area (Å²) in [5, 5.41) is 0. The maximum atomic E-state index is 12.2. The number of carbonyl (C=O) groups is 1. The van der Waals surface area contributed by atoms with Gasteiger partial charge in [0.25, 0.3) is 10.2 Å². The fourth-order valence-corrected chi connectivity index (χ4v) is 3.20. The lowest BCUT2D eigenvalue weighted by atomic mass is 9.92. The lowest BCUT2D eigenvalue weighted by Gasteiger charge is -2.32. The Morgan fingerprint density at radius 3 is 2.40 bits per heavy atom. The minimum Gasteiger partial charge on any atom is -0.469 e. The van der Waals surface area contributed by atoms with Gasteiger partial charge in [-0.1, -0.05) is 13.8 Å². The molecule has 7 nitrogen and oxygen atoms in total. The maximum absolute atomic E-state index is 12.2. The molecular formula is C12H27N3O4S. The van der Waals surface area contributed by atoms with E-state index in [-0.39, 0.29) is 19.5 Å². The zero-order valence-corrected chi connectivity index (χ0v) is 13.8. The van der Waals surface area contributed by atoms with Gasteiger partial charge in [-0.3, -0.25) is 4.79 Å². The van der Waals surface area contributed by atoms with E-state index in [2.05, 4.69) is 9.46 Å². The summed E-state index contributed by atoms with van der Waals surface area (Å²) in [7, 11) is -1.00. The predicted octanol–water partition coefficient (Wildman–Crippen LogP) is 0.0792. The highest BCUT2D eigenvalue weighted by Crippen LogP contribution is 2.17. The third-order valence-corrected chi connectivity index (χ3v) is 4.71. The molecule has 1 unspecified atom stereocenters. The van der Waals surface area contributed by atoms with Crippen LogP contribution in [0.5, 0.6) is 0 Å². The summed E-state index contributed by atoms with van der Waals surface area (Å²) >= 11 is 0. The Kier molecular flexibility index (Phi) is 7.64. The van der Waals surface area contributed by atoms with Gasteiger partial charge in [0.15, 0.2) is 0 Å². The standard InChI is InChI=1S/C12H27N3O4S/c1-10(2)8-12(3,9-13)14-20(17,18)15(4)7-6-11(16)19-5/h10,14H,6-9,13H2,1-5H3. The normalized spacial score (nSPS) is 15.4. The van der Waals surface area contributed by atoms with Crippen LogP contribution < -0.4 is 10.5 Å². The summed E-state index contributed by atoms with van der Waals surface area (Å²) in [4.78, 5) is 11.0. The molecule has 120 valence electrons. The van der Waals surface area contributed by atoms with Crippen molar-refractivity contribution in [2.24, 2.45) is 11.7 Å². The molecule has 8 heteroatoms. The van der Waals surface area contributed by atoms with Crippen LogP contribution in [0.1, 0.15) is 33.6 Å². The third kappa shape index (κ3) is 6.65. The molecule has 20 heavy (non-hydrogen) atoms. The second-order valence-corrected chi connectivity index (χ2v) is 7.40. The van der Waals surface area contributed by atoms with Crippen molar-refractivity contribution < 1.29 is 17.9 Å². The van der Waals surface area contributed by atoms with Crippen molar-refractivity contribution in [2.45, 2.75) is 39.2 Å². The lowest BCUT2D eigenvalue weighted by molar-refractivity contribution is -0.140. The number of nitrogens with one attached hydrogen (secondary N) is 1. The second-order valence-electron chi connectivity index (χ2n) is 5.62. The number of hydrogen-bond donors (Lipinski definition) is 2. The quantitative estimate of drug-likeness (QED) is 0.587. The van der Waals surface area contributed by atoms with Gasteiger partial charge in [0.1, 0.15) is 0 Å². The first-order chi connectivity index (χ1) is 9.06. The van der Waals surface area contributed by atoms with Gasteiger partial charge >= 0.3 is 5.97 Å². The zero-order valence-electron chi connectivity index (χ0n) is 13.0. The molecule has 0 aromatic heterocycles. The summed E-state index contributed by atoms with van der Waals surface area (Å²) in [5.41, 5.74) is 4.98. The van der Waals surface area contributed by atoms with E-state index in [4.69, 9.17) is 5.73 Å². The molecule has 0 aromatic carbocycles. The van der Waals surface area contributed by atoms with Crippen LogP contribution in [0.25, 0.3) is 0 Å². The number of nitrogens with zero attached hydrogens (tertiary/aromatic N) is 1. The van der Waals surface area contributed by atoms with E-state index in [9.17, 15) is 13.2 Å². The summed E-state index contributed by atoms with van der Waals surface area (Å²) in [5.74, 6) is -0.137. The first-order valence-corrected chi connectivity index (χ1v) is 8.02. The first kappa shape index (κ1) is 19.3. The SMILES string of the molecule is COC(=O)CCN(C)S(=O)(=O)NC(C)(CN)CC(C)C. The fourth-order valence-electron chi connectivity index (χ4n) is 1.93. The summed E-state index contributed by atoms with van der Waals surface area (Å²) < 4.78 is 32.6. The highest BCUT2D eigenvalue weighted by Gasteiger charge is 2.31. The van der Waals surface area contributed by atoms with Gasteiger partial charge in [0.2, 0.25) is 0 Å². The van der Waals surface area contributed by atoms with E-state index in [0.717, 1.165) is 4.31 Å². The van der Waals surface area contributed by atoms with Crippen molar-refractivity contribution in [2.75, 3.05) is 27.2 Å². The van der Waals surface area contributed by atoms with Crippen LogP contribution >= 0.6 is 0 Å². The molecule has 0 aliphatic rings. The van der Waals surface area contributed by atoms with Gasteiger partial charge < -0.3 is 10.5 Å². The van der Waals surface area contributed by atoms with Gasteiger partial charge in [-0.05, 0) is 19.3 Å². The Balaban J connectivity index is 4.74. The minimum atomic E-state index is -3.68. The minimum absolute atomic E-state index is 0.0113. The number of esters is 1. The fraction of sp³-hybridized carbons (Fsp3) is 0.917. The van der Waals surface area contributed by atoms with E-state index < -0.39 is 21.7 Å². The van der Waals surface area contributed by atoms with Crippen molar-refractivity contribution in [1.82, 2.24) is 9.03 Å². The smallest absolute Gasteiger partial charge is 0.306 e. The van der Waals surface area contributed by atoms with Gasteiger partial charge in [0, 0.05) is 25.7 Å². The average Bonchev–Trinajstić information content (AvgIpc) is 2.33. The van der Waals surface area contributed by atoms with Crippen molar-refractivity contribution in [3.8, 4) is 0 Å². The Morgan fingerprint density at radius 1 is 1.45 bits per heavy atom. The molecule has 0 aliphatic heterocycles. The number of carbonyl (C=O) groups excluding carboxylic acids is 1. The van der Waals surface area contributed by atoms with Crippen molar-refractivity contribution in [3.63, 3.8) is 0 Å². The molecule has 0 amide bonds. The summed E-state index contributed by atoms with van der Waals surface area (Å²) in [6.45, 7) is 6.05. The van der Waals surface area contributed by atoms with Crippen molar-refractivity contribution in [3.05, 3.63) is 0 Å². The molecule has 0 bridgehead atoms. The molecule has 0 saturated heterocycles. The third-order valence-electron chi connectivity index (χ3n) is 2.95. The van der Waals surface area contributed by atoms with E-state index in [1.54, 1.807) is 6.92 Å². The van der Waals surface area contributed by atoms with Crippen LogP contribution in [0.15, 0.2) is 0 Å². The van der Waals surface area contributed by atoms with Crippen LogP contribution in [0, 0.1) is 5.92 Å². The second kappa shape index (κ2) is 7.92. The number of hydrogen-bond acceptors (Lipinski definition) is 5. The Morgan fingerprint density at radius 2 is 2.00 bits per heavy atom. The van der Waals surface area contributed by atoms with Gasteiger partial charge in [-0.25, -0.2) is 0 Å². The lowest BCUT2D eigenvalue weighted by Crippen LogP contribution is -2.55. The highest BCUT2D eigenvalue weighted by molar-refractivity contribution is 7.87. The highest BCUT2D eigenvalue weighted by atomic mass is 32.2. The van der Waals surface area contributed by atoms with Crippen LogP contribution in [0.2, 0.25) is 0 Å². The van der Waals surface area contributed by atoms with Gasteiger partial charge in [0.05, 0.1) is 13.5 Å².